The Kier molecular flexibility index (Phi) is 5.37. The van der Waals surface area contributed by atoms with Gasteiger partial charge >= 0.3 is 5.97 Å². The van der Waals surface area contributed by atoms with Crippen molar-refractivity contribution in [2.24, 2.45) is 0 Å². The summed E-state index contributed by atoms with van der Waals surface area (Å²) >= 11 is 0. The number of rotatable bonds is 6. The first-order chi connectivity index (χ1) is 10.0. The summed E-state index contributed by atoms with van der Waals surface area (Å²) in [6.45, 7) is 6.49. The number of hydrogen-bond donors (Lipinski definition) is 2. The molecule has 0 spiro atoms. The number of carboxylic acids is 1. The first-order valence-corrected chi connectivity index (χ1v) is 7.83. The molecule has 0 bridgehead atoms. The van der Waals surface area contributed by atoms with Gasteiger partial charge in [0.2, 0.25) is 0 Å². The van der Waals surface area contributed by atoms with E-state index < -0.39 is 11.5 Å². The smallest absolute Gasteiger partial charge is 0.329 e. The van der Waals surface area contributed by atoms with Crippen LogP contribution in [0.1, 0.15) is 38.7 Å². The molecular formula is C17H26N2O2. The van der Waals surface area contributed by atoms with E-state index in [1.165, 1.54) is 6.42 Å². The van der Waals surface area contributed by atoms with Crippen LogP contribution in [0.5, 0.6) is 0 Å². The van der Waals surface area contributed by atoms with Gasteiger partial charge in [0.15, 0.2) is 5.54 Å². The average Bonchev–Trinajstić information content (AvgIpc) is 2.48. The summed E-state index contributed by atoms with van der Waals surface area (Å²) < 4.78 is 0. The van der Waals surface area contributed by atoms with Crippen molar-refractivity contribution < 1.29 is 9.90 Å². The molecular weight excluding hydrogens is 264 g/mol. The van der Waals surface area contributed by atoms with E-state index in [0.717, 1.165) is 31.5 Å². The van der Waals surface area contributed by atoms with E-state index in [1.54, 1.807) is 0 Å². The summed E-state index contributed by atoms with van der Waals surface area (Å²) in [5.74, 6) is -0.798. The highest BCUT2D eigenvalue weighted by Crippen LogP contribution is 2.25. The largest absolute Gasteiger partial charge is 0.480 e. The van der Waals surface area contributed by atoms with Crippen LogP contribution in [0.15, 0.2) is 30.3 Å². The van der Waals surface area contributed by atoms with Crippen molar-refractivity contribution in [1.29, 1.82) is 0 Å². The Morgan fingerprint density at radius 2 is 1.86 bits per heavy atom. The zero-order valence-corrected chi connectivity index (χ0v) is 13.0. The van der Waals surface area contributed by atoms with E-state index in [-0.39, 0.29) is 6.04 Å². The summed E-state index contributed by atoms with van der Waals surface area (Å²) in [6, 6.07) is 9.66. The molecule has 1 aliphatic heterocycles. The molecule has 1 heterocycles. The first-order valence-electron chi connectivity index (χ1n) is 7.83. The zero-order valence-electron chi connectivity index (χ0n) is 13.0. The van der Waals surface area contributed by atoms with Gasteiger partial charge in [-0.05, 0) is 45.3 Å². The number of nitrogens with one attached hydrogen (secondary N) is 1. The van der Waals surface area contributed by atoms with Crippen molar-refractivity contribution in [3.8, 4) is 0 Å². The Hall–Kier alpha value is -1.39. The minimum Gasteiger partial charge on any atom is -0.480 e. The maximum absolute atomic E-state index is 12.1. The molecule has 4 heteroatoms. The lowest BCUT2D eigenvalue weighted by Gasteiger charge is -2.39. The Morgan fingerprint density at radius 1 is 1.24 bits per heavy atom. The van der Waals surface area contributed by atoms with E-state index >= 15 is 0 Å². The molecule has 0 amide bonds. The number of piperidine rings is 1. The standard InChI is InChI=1S/C17H26N2O2/c1-14(2)18-17(16(20)21,15-9-5-3-6-10-15)13-19-11-7-4-8-12-19/h3,5-6,9-10,14,18H,4,7-8,11-13H2,1-2H3,(H,20,21). The van der Waals surface area contributed by atoms with Crippen molar-refractivity contribution in [3.63, 3.8) is 0 Å². The van der Waals surface area contributed by atoms with Gasteiger partial charge in [-0.15, -0.1) is 0 Å². The number of hydrogen-bond acceptors (Lipinski definition) is 3. The number of aliphatic carboxylic acids is 1. The molecule has 0 saturated carbocycles. The third kappa shape index (κ3) is 3.83. The van der Waals surface area contributed by atoms with E-state index in [2.05, 4.69) is 10.2 Å². The average molecular weight is 290 g/mol. The van der Waals surface area contributed by atoms with Gasteiger partial charge in [0.1, 0.15) is 0 Å². The molecule has 1 atom stereocenters. The van der Waals surface area contributed by atoms with Crippen molar-refractivity contribution in [3.05, 3.63) is 35.9 Å². The highest BCUT2D eigenvalue weighted by atomic mass is 16.4. The highest BCUT2D eigenvalue weighted by molar-refractivity contribution is 5.81. The second kappa shape index (κ2) is 7.05. The molecule has 0 aliphatic carbocycles. The van der Waals surface area contributed by atoms with E-state index in [1.807, 2.05) is 44.2 Å². The van der Waals surface area contributed by atoms with Gasteiger partial charge in [-0.25, -0.2) is 4.79 Å². The second-order valence-corrected chi connectivity index (χ2v) is 6.21. The summed E-state index contributed by atoms with van der Waals surface area (Å²) in [5.41, 5.74) is -0.205. The van der Waals surface area contributed by atoms with Crippen LogP contribution in [-0.2, 0) is 10.3 Å². The van der Waals surface area contributed by atoms with Crippen LogP contribution in [-0.4, -0.2) is 41.7 Å². The quantitative estimate of drug-likeness (QED) is 0.845. The number of benzene rings is 1. The lowest BCUT2D eigenvalue weighted by Crippen LogP contribution is -2.59. The summed E-state index contributed by atoms with van der Waals surface area (Å²) in [6.07, 6.45) is 3.57. The van der Waals surface area contributed by atoms with Gasteiger partial charge in [-0.3, -0.25) is 5.32 Å². The number of likely N-dealkylation sites (tertiary alicyclic amines) is 1. The molecule has 1 aromatic carbocycles. The minimum absolute atomic E-state index is 0.103. The van der Waals surface area contributed by atoms with Crippen molar-refractivity contribution >= 4 is 5.97 Å². The van der Waals surface area contributed by atoms with Crippen LogP contribution < -0.4 is 5.32 Å². The van der Waals surface area contributed by atoms with E-state index in [9.17, 15) is 9.90 Å². The fraction of sp³-hybridized carbons (Fsp3) is 0.588. The molecule has 21 heavy (non-hydrogen) atoms. The molecule has 4 nitrogen and oxygen atoms in total. The van der Waals surface area contributed by atoms with Gasteiger partial charge in [0.25, 0.3) is 0 Å². The fourth-order valence-corrected chi connectivity index (χ4v) is 3.14. The normalized spacial score (nSPS) is 19.4. The third-order valence-electron chi connectivity index (χ3n) is 4.08. The first kappa shape index (κ1) is 16.0. The molecule has 0 aromatic heterocycles. The predicted molar refractivity (Wildman–Crippen MR) is 84.3 cm³/mol. The van der Waals surface area contributed by atoms with Crippen LogP contribution in [0.4, 0.5) is 0 Å². The van der Waals surface area contributed by atoms with E-state index in [0.29, 0.717) is 6.54 Å². The minimum atomic E-state index is -1.03. The maximum Gasteiger partial charge on any atom is 0.329 e. The molecule has 116 valence electrons. The van der Waals surface area contributed by atoms with Crippen LogP contribution >= 0.6 is 0 Å². The molecule has 2 rings (SSSR count). The van der Waals surface area contributed by atoms with Crippen LogP contribution in [0.25, 0.3) is 0 Å². The number of nitrogens with zero attached hydrogens (tertiary/aromatic N) is 1. The fourth-order valence-electron chi connectivity index (χ4n) is 3.14. The highest BCUT2D eigenvalue weighted by Gasteiger charge is 2.42. The lowest BCUT2D eigenvalue weighted by atomic mass is 9.87. The molecule has 1 unspecified atom stereocenters. The number of carbonyl (C=O) groups is 1. The Labute approximate surface area is 127 Å². The van der Waals surface area contributed by atoms with Crippen LogP contribution in [0, 0.1) is 0 Å². The molecule has 1 saturated heterocycles. The van der Waals surface area contributed by atoms with Gasteiger partial charge in [0.05, 0.1) is 0 Å². The SMILES string of the molecule is CC(C)NC(CN1CCCCC1)(C(=O)O)c1ccccc1. The van der Waals surface area contributed by atoms with Crippen LogP contribution in [0.3, 0.4) is 0 Å². The van der Waals surface area contributed by atoms with Crippen molar-refractivity contribution in [1.82, 2.24) is 10.2 Å². The second-order valence-electron chi connectivity index (χ2n) is 6.21. The Bertz CT molecular complexity index is 455. The Balaban J connectivity index is 2.33. The molecule has 2 N–H and O–H groups in total. The topological polar surface area (TPSA) is 52.6 Å². The molecule has 1 fully saturated rings. The van der Waals surface area contributed by atoms with Gasteiger partial charge in [0, 0.05) is 12.6 Å². The van der Waals surface area contributed by atoms with Gasteiger partial charge in [-0.1, -0.05) is 36.8 Å². The zero-order chi connectivity index (χ0) is 15.3. The van der Waals surface area contributed by atoms with Gasteiger partial charge in [-0.2, -0.15) is 0 Å². The predicted octanol–water partition coefficient (Wildman–Crippen LogP) is 2.45. The van der Waals surface area contributed by atoms with Crippen molar-refractivity contribution in [2.45, 2.75) is 44.7 Å². The Morgan fingerprint density at radius 3 is 2.38 bits per heavy atom. The summed E-state index contributed by atoms with van der Waals surface area (Å²) in [4.78, 5) is 14.4. The summed E-state index contributed by atoms with van der Waals surface area (Å²) in [5, 5.41) is 13.3. The monoisotopic (exact) mass is 290 g/mol. The van der Waals surface area contributed by atoms with Gasteiger partial charge < -0.3 is 10.0 Å². The molecule has 0 radical (unpaired) electrons. The molecule has 1 aromatic rings. The lowest BCUT2D eigenvalue weighted by molar-refractivity contribution is -0.147. The van der Waals surface area contributed by atoms with E-state index in [4.69, 9.17) is 0 Å². The van der Waals surface area contributed by atoms with Crippen molar-refractivity contribution in [2.75, 3.05) is 19.6 Å². The number of carboxylic acid groups (broad SMARTS) is 1. The maximum atomic E-state index is 12.1. The van der Waals surface area contributed by atoms with Crippen LogP contribution in [0.2, 0.25) is 0 Å². The molecule has 1 aliphatic rings. The third-order valence-corrected chi connectivity index (χ3v) is 4.08. The summed E-state index contributed by atoms with van der Waals surface area (Å²) in [7, 11) is 0.